The number of aliphatic hydroxyl groups excluding tert-OH is 1. The van der Waals surface area contributed by atoms with E-state index >= 15 is 0 Å². The molecule has 3 nitrogen and oxygen atoms in total. The zero-order chi connectivity index (χ0) is 13.5. The van der Waals surface area contributed by atoms with E-state index in [4.69, 9.17) is 5.11 Å². The summed E-state index contributed by atoms with van der Waals surface area (Å²) in [4.78, 5) is 2.21. The van der Waals surface area contributed by atoms with E-state index in [1.807, 2.05) is 6.08 Å². The van der Waals surface area contributed by atoms with E-state index in [1.165, 1.54) is 24.0 Å². The molecule has 2 rings (SSSR count). The summed E-state index contributed by atoms with van der Waals surface area (Å²) < 4.78 is 0. The van der Waals surface area contributed by atoms with Crippen molar-refractivity contribution in [1.82, 2.24) is 10.2 Å². The Labute approximate surface area is 115 Å². The van der Waals surface area contributed by atoms with Crippen LogP contribution in [0.4, 0.5) is 0 Å². The lowest BCUT2D eigenvalue weighted by Gasteiger charge is -2.21. The number of benzene rings is 1. The van der Waals surface area contributed by atoms with Gasteiger partial charge in [-0.15, -0.1) is 6.58 Å². The Morgan fingerprint density at radius 3 is 2.68 bits per heavy atom. The number of aliphatic hydroxyl groups is 1. The summed E-state index contributed by atoms with van der Waals surface area (Å²) in [6.07, 6.45) is 4.52. The van der Waals surface area contributed by atoms with E-state index in [1.54, 1.807) is 0 Å². The summed E-state index contributed by atoms with van der Waals surface area (Å²) in [6.45, 7) is 7.29. The van der Waals surface area contributed by atoms with Gasteiger partial charge < -0.3 is 10.4 Å². The molecular weight excluding hydrogens is 236 g/mol. The van der Waals surface area contributed by atoms with E-state index in [2.05, 4.69) is 41.1 Å². The number of hydrogen-bond donors (Lipinski definition) is 2. The Kier molecular flexibility index (Phi) is 5.58. The fraction of sp³-hybridized carbons (Fsp3) is 0.500. The van der Waals surface area contributed by atoms with Crippen molar-refractivity contribution in [3.63, 3.8) is 0 Å². The lowest BCUT2D eigenvalue weighted by Crippen LogP contribution is -2.27. The lowest BCUT2D eigenvalue weighted by atomic mass is 10.1. The second-order valence-corrected chi connectivity index (χ2v) is 5.17. The summed E-state index contributed by atoms with van der Waals surface area (Å²) in [6, 6.07) is 9.28. The highest BCUT2D eigenvalue weighted by Gasteiger charge is 2.20. The van der Waals surface area contributed by atoms with Crippen LogP contribution in [-0.2, 0) is 13.1 Å². The third-order valence-electron chi connectivity index (χ3n) is 3.47. The first-order valence-corrected chi connectivity index (χ1v) is 7.07. The summed E-state index contributed by atoms with van der Waals surface area (Å²) in [5.41, 5.74) is 2.70. The van der Waals surface area contributed by atoms with Crippen molar-refractivity contribution < 1.29 is 5.11 Å². The highest BCUT2D eigenvalue weighted by Crippen LogP contribution is 2.20. The highest BCUT2D eigenvalue weighted by atomic mass is 16.3. The van der Waals surface area contributed by atoms with E-state index in [-0.39, 0.29) is 6.61 Å². The molecule has 0 bridgehead atoms. The molecule has 0 aliphatic heterocycles. The zero-order valence-corrected chi connectivity index (χ0v) is 11.5. The van der Waals surface area contributed by atoms with Gasteiger partial charge in [-0.2, -0.15) is 0 Å². The van der Waals surface area contributed by atoms with Crippen LogP contribution in [0.5, 0.6) is 0 Å². The predicted octanol–water partition coefficient (Wildman–Crippen LogP) is 1.92. The Hall–Kier alpha value is -1.16. The molecule has 19 heavy (non-hydrogen) atoms. The number of nitrogens with one attached hydrogen (secondary N) is 1. The van der Waals surface area contributed by atoms with Gasteiger partial charge in [-0.05, 0) is 24.0 Å². The molecule has 0 radical (unpaired) electrons. The lowest BCUT2D eigenvalue weighted by molar-refractivity contribution is 0.203. The maximum Gasteiger partial charge on any atom is 0.0558 e. The molecule has 0 amide bonds. The minimum atomic E-state index is 0.191. The summed E-state index contributed by atoms with van der Waals surface area (Å²) in [5, 5.41) is 12.7. The first-order valence-electron chi connectivity index (χ1n) is 7.07. The van der Waals surface area contributed by atoms with Crippen molar-refractivity contribution in [3.8, 4) is 0 Å². The van der Waals surface area contributed by atoms with Crippen molar-refractivity contribution in [2.24, 2.45) is 0 Å². The normalized spacial score (nSPS) is 14.8. The van der Waals surface area contributed by atoms with Crippen molar-refractivity contribution in [2.45, 2.75) is 32.0 Å². The van der Waals surface area contributed by atoms with Gasteiger partial charge >= 0.3 is 0 Å². The zero-order valence-electron chi connectivity index (χ0n) is 11.5. The Bertz CT molecular complexity index is 401. The number of hydrogen-bond acceptors (Lipinski definition) is 3. The largest absolute Gasteiger partial charge is 0.395 e. The molecule has 2 N–H and O–H groups in total. The molecular formula is C16H24N2O. The third kappa shape index (κ3) is 4.78. The number of rotatable bonds is 9. The highest BCUT2D eigenvalue weighted by molar-refractivity contribution is 5.27. The van der Waals surface area contributed by atoms with Crippen LogP contribution in [0.15, 0.2) is 36.9 Å². The average Bonchev–Trinajstić information content (AvgIpc) is 3.22. The van der Waals surface area contributed by atoms with Gasteiger partial charge in [0.2, 0.25) is 0 Å². The molecule has 3 heteroatoms. The van der Waals surface area contributed by atoms with Crippen LogP contribution >= 0.6 is 0 Å². The van der Waals surface area contributed by atoms with Gasteiger partial charge in [0.15, 0.2) is 0 Å². The Morgan fingerprint density at radius 1 is 1.32 bits per heavy atom. The van der Waals surface area contributed by atoms with Crippen molar-refractivity contribution in [2.75, 3.05) is 19.7 Å². The average molecular weight is 260 g/mol. The number of nitrogens with zero attached hydrogens (tertiary/aromatic N) is 1. The third-order valence-corrected chi connectivity index (χ3v) is 3.47. The van der Waals surface area contributed by atoms with Crippen molar-refractivity contribution in [3.05, 3.63) is 48.0 Å². The Balaban J connectivity index is 1.97. The van der Waals surface area contributed by atoms with Gasteiger partial charge in [-0.1, -0.05) is 30.3 Å². The topological polar surface area (TPSA) is 35.5 Å². The molecule has 0 aromatic heterocycles. The molecule has 0 unspecified atom stereocenters. The maximum absolute atomic E-state index is 9.11. The summed E-state index contributed by atoms with van der Waals surface area (Å²) in [7, 11) is 0. The minimum absolute atomic E-state index is 0.191. The molecule has 104 valence electrons. The van der Waals surface area contributed by atoms with Gasteiger partial charge in [0, 0.05) is 32.2 Å². The predicted molar refractivity (Wildman–Crippen MR) is 78.9 cm³/mol. The summed E-state index contributed by atoms with van der Waals surface area (Å²) >= 11 is 0. The van der Waals surface area contributed by atoms with E-state index in [0.717, 1.165) is 25.7 Å². The molecule has 1 saturated carbocycles. The van der Waals surface area contributed by atoms with E-state index in [0.29, 0.717) is 6.54 Å². The van der Waals surface area contributed by atoms with Crippen LogP contribution in [0.25, 0.3) is 0 Å². The quantitative estimate of drug-likeness (QED) is 0.666. The van der Waals surface area contributed by atoms with E-state index < -0.39 is 0 Å². The van der Waals surface area contributed by atoms with Crippen LogP contribution < -0.4 is 5.32 Å². The van der Waals surface area contributed by atoms with Crippen LogP contribution in [0.1, 0.15) is 24.0 Å². The minimum Gasteiger partial charge on any atom is -0.395 e. The molecule has 1 aromatic carbocycles. The van der Waals surface area contributed by atoms with Gasteiger partial charge in [-0.3, -0.25) is 4.90 Å². The molecule has 1 fully saturated rings. The van der Waals surface area contributed by atoms with Crippen LogP contribution in [0, 0.1) is 0 Å². The van der Waals surface area contributed by atoms with E-state index in [9.17, 15) is 0 Å². The molecule has 1 aliphatic carbocycles. The standard InChI is InChI=1S/C16H24N2O/c1-2-9-18(10-11-19)13-15-6-4-3-5-14(15)12-17-16-7-8-16/h2-6,16-17,19H,1,7-13H2. The van der Waals surface area contributed by atoms with Crippen LogP contribution in [-0.4, -0.2) is 35.7 Å². The van der Waals surface area contributed by atoms with Crippen LogP contribution in [0.3, 0.4) is 0 Å². The molecule has 1 aliphatic rings. The van der Waals surface area contributed by atoms with Gasteiger partial charge in [0.25, 0.3) is 0 Å². The molecule has 0 spiro atoms. The molecule has 0 heterocycles. The molecule has 1 aromatic rings. The smallest absolute Gasteiger partial charge is 0.0558 e. The fourth-order valence-electron chi connectivity index (χ4n) is 2.23. The fourth-order valence-corrected chi connectivity index (χ4v) is 2.23. The van der Waals surface area contributed by atoms with Gasteiger partial charge in [0.1, 0.15) is 0 Å². The maximum atomic E-state index is 9.11. The second-order valence-electron chi connectivity index (χ2n) is 5.17. The van der Waals surface area contributed by atoms with Crippen molar-refractivity contribution >= 4 is 0 Å². The Morgan fingerprint density at radius 2 is 2.05 bits per heavy atom. The first kappa shape index (κ1) is 14.3. The SMILES string of the molecule is C=CCN(CCO)Cc1ccccc1CNC1CC1. The van der Waals surface area contributed by atoms with Gasteiger partial charge in [0.05, 0.1) is 6.61 Å². The molecule has 0 saturated heterocycles. The first-order chi connectivity index (χ1) is 9.33. The monoisotopic (exact) mass is 260 g/mol. The molecule has 0 atom stereocenters. The van der Waals surface area contributed by atoms with Crippen molar-refractivity contribution in [1.29, 1.82) is 0 Å². The summed E-state index contributed by atoms with van der Waals surface area (Å²) in [5.74, 6) is 0. The van der Waals surface area contributed by atoms with Crippen LogP contribution in [0.2, 0.25) is 0 Å². The second kappa shape index (κ2) is 7.43. The van der Waals surface area contributed by atoms with Gasteiger partial charge in [-0.25, -0.2) is 0 Å².